The number of hydrogen-bond acceptors (Lipinski definition) is 4. The van der Waals surface area contributed by atoms with Gasteiger partial charge in [-0.25, -0.2) is 4.79 Å². The molecule has 1 N–H and O–H groups in total. The molecule has 0 saturated heterocycles. The predicted molar refractivity (Wildman–Crippen MR) is 81.9 cm³/mol. The van der Waals surface area contributed by atoms with Crippen molar-refractivity contribution in [3.8, 4) is 0 Å². The minimum atomic E-state index is -0.740. The second-order valence-corrected chi connectivity index (χ2v) is 5.34. The third-order valence-electron chi connectivity index (χ3n) is 3.61. The van der Waals surface area contributed by atoms with E-state index in [0.717, 1.165) is 22.5 Å². The quantitative estimate of drug-likeness (QED) is 0.826. The van der Waals surface area contributed by atoms with Crippen LogP contribution in [0.1, 0.15) is 32.3 Å². The Bertz CT molecular complexity index is 634. The van der Waals surface area contributed by atoms with Crippen LogP contribution in [0, 0.1) is 0 Å². The second kappa shape index (κ2) is 6.22. The van der Waals surface area contributed by atoms with Gasteiger partial charge < -0.3 is 14.8 Å². The normalized spacial score (nSPS) is 18.4. The van der Waals surface area contributed by atoms with Crippen LogP contribution in [0.4, 0.5) is 4.79 Å². The van der Waals surface area contributed by atoms with Gasteiger partial charge in [0.05, 0.1) is 18.7 Å². The second-order valence-electron chi connectivity index (χ2n) is 4.93. The lowest BCUT2D eigenvalue weighted by molar-refractivity contribution is 0.0921. The van der Waals surface area contributed by atoms with Gasteiger partial charge in [0.2, 0.25) is 0 Å². The number of carbonyl (C=O) groups is 1. The molecule has 0 saturated carbocycles. The van der Waals surface area contributed by atoms with Crippen LogP contribution < -0.4 is 5.32 Å². The fourth-order valence-electron chi connectivity index (χ4n) is 2.42. The molecule has 0 spiro atoms. The molecule has 1 aromatic carbocycles. The molecule has 0 radical (unpaired) electrons. The summed E-state index contributed by atoms with van der Waals surface area (Å²) in [7, 11) is 1.28. The number of carbonyl (C=O) groups excluding carboxylic acids is 1. The van der Waals surface area contributed by atoms with E-state index in [1.165, 1.54) is 7.11 Å². The van der Waals surface area contributed by atoms with Crippen molar-refractivity contribution >= 4 is 17.8 Å². The Hall–Kier alpha value is -1.94. The van der Waals surface area contributed by atoms with Crippen molar-refractivity contribution < 1.29 is 14.3 Å². The molecule has 0 amide bonds. The summed E-state index contributed by atoms with van der Waals surface area (Å²) in [5.74, 6) is 0.303. The topological polar surface area (TPSA) is 47.6 Å². The first-order valence-corrected chi connectivity index (χ1v) is 6.99. The molecule has 0 bridgehead atoms. The summed E-state index contributed by atoms with van der Waals surface area (Å²) in [5.41, 5.74) is 3.74. The van der Waals surface area contributed by atoms with Gasteiger partial charge in [-0.2, -0.15) is 0 Å². The molecule has 21 heavy (non-hydrogen) atoms. The number of halogens is 1. The Balaban J connectivity index is 2.52. The van der Waals surface area contributed by atoms with Gasteiger partial charge in [-0.15, -0.1) is 0 Å². The van der Waals surface area contributed by atoms with Gasteiger partial charge in [0.1, 0.15) is 5.76 Å². The molecule has 0 aromatic heterocycles. The average molecular weight is 308 g/mol. The molecule has 5 heteroatoms. The molecule has 2 rings (SSSR count). The maximum atomic E-state index is 11.5. The lowest BCUT2D eigenvalue weighted by Gasteiger charge is -2.30. The summed E-state index contributed by atoms with van der Waals surface area (Å²) in [6, 6.07) is 7.54. The third-order valence-corrected chi connectivity index (χ3v) is 3.95. The Labute approximate surface area is 129 Å². The Morgan fingerprint density at radius 2 is 1.86 bits per heavy atom. The number of hydrogen-bond donors (Lipinski definition) is 1. The molecule has 0 aliphatic carbocycles. The van der Waals surface area contributed by atoms with Crippen molar-refractivity contribution in [1.29, 1.82) is 0 Å². The Morgan fingerprint density at radius 1 is 1.19 bits per heavy atom. The summed E-state index contributed by atoms with van der Waals surface area (Å²) in [5, 5.41) is 3.85. The highest BCUT2D eigenvalue weighted by molar-refractivity contribution is 6.31. The largest absolute Gasteiger partial charge is 0.513 e. The molecule has 1 aliphatic heterocycles. The number of dihydropyridines is 1. The summed E-state index contributed by atoms with van der Waals surface area (Å²) in [4.78, 5) is 11.5. The number of benzene rings is 1. The van der Waals surface area contributed by atoms with Gasteiger partial charge in [-0.3, -0.25) is 0 Å². The van der Waals surface area contributed by atoms with Gasteiger partial charge in [0.25, 0.3) is 0 Å². The molecule has 112 valence electrons. The number of methoxy groups -OCH3 is 1. The number of allylic oxidation sites excluding steroid dienone is 3. The van der Waals surface area contributed by atoms with Crippen LogP contribution >= 0.6 is 11.6 Å². The van der Waals surface area contributed by atoms with Gasteiger partial charge in [0.15, 0.2) is 0 Å². The van der Waals surface area contributed by atoms with Gasteiger partial charge in [-0.05, 0) is 38.0 Å². The SMILES string of the molecule is COC(=O)OC1=C(C)NC(C)=C(C)C1c1ccccc1Cl. The summed E-state index contributed by atoms with van der Waals surface area (Å²) in [6.07, 6.45) is -0.740. The monoisotopic (exact) mass is 307 g/mol. The zero-order chi connectivity index (χ0) is 15.6. The number of rotatable bonds is 2. The Morgan fingerprint density at radius 3 is 2.48 bits per heavy atom. The highest BCUT2D eigenvalue weighted by atomic mass is 35.5. The van der Waals surface area contributed by atoms with E-state index < -0.39 is 6.16 Å². The maximum absolute atomic E-state index is 11.5. The number of nitrogens with one attached hydrogen (secondary N) is 1. The van der Waals surface area contributed by atoms with Crippen molar-refractivity contribution in [3.05, 3.63) is 57.6 Å². The van der Waals surface area contributed by atoms with E-state index in [0.29, 0.717) is 10.8 Å². The summed E-state index contributed by atoms with van der Waals surface area (Å²) >= 11 is 6.32. The van der Waals surface area contributed by atoms with Crippen LogP contribution in [0.5, 0.6) is 0 Å². The van der Waals surface area contributed by atoms with Crippen LogP contribution in [-0.2, 0) is 9.47 Å². The summed E-state index contributed by atoms with van der Waals surface area (Å²) in [6.45, 7) is 5.83. The van der Waals surface area contributed by atoms with E-state index in [-0.39, 0.29) is 5.92 Å². The van der Waals surface area contributed by atoms with E-state index in [2.05, 4.69) is 10.1 Å². The first-order valence-electron chi connectivity index (χ1n) is 6.61. The standard InChI is InChI=1S/C16H18ClNO3/c1-9-10(2)18-11(3)15(21-16(19)20-4)14(9)12-7-5-6-8-13(12)17/h5-8,14,18H,1-4H3. The van der Waals surface area contributed by atoms with Crippen molar-refractivity contribution in [2.75, 3.05) is 7.11 Å². The van der Waals surface area contributed by atoms with E-state index in [1.54, 1.807) is 0 Å². The van der Waals surface area contributed by atoms with Gasteiger partial charge in [0, 0.05) is 10.7 Å². The molecule has 4 nitrogen and oxygen atoms in total. The van der Waals surface area contributed by atoms with E-state index >= 15 is 0 Å². The molecule has 0 fully saturated rings. The van der Waals surface area contributed by atoms with Crippen molar-refractivity contribution in [1.82, 2.24) is 5.32 Å². The number of ether oxygens (including phenoxy) is 2. The molecule has 1 unspecified atom stereocenters. The first kappa shape index (κ1) is 15.4. The lowest BCUT2D eigenvalue weighted by atomic mass is 9.86. The maximum Gasteiger partial charge on any atom is 0.513 e. The average Bonchev–Trinajstić information content (AvgIpc) is 2.46. The van der Waals surface area contributed by atoms with Crippen LogP contribution in [0.2, 0.25) is 5.02 Å². The van der Waals surface area contributed by atoms with E-state index in [4.69, 9.17) is 16.3 Å². The lowest BCUT2D eigenvalue weighted by Crippen LogP contribution is -2.26. The fourth-order valence-corrected chi connectivity index (χ4v) is 2.67. The highest BCUT2D eigenvalue weighted by Gasteiger charge is 2.31. The van der Waals surface area contributed by atoms with Crippen molar-refractivity contribution in [2.24, 2.45) is 0 Å². The van der Waals surface area contributed by atoms with E-state index in [1.807, 2.05) is 45.0 Å². The third kappa shape index (κ3) is 3.05. The molecule has 1 atom stereocenters. The summed E-state index contributed by atoms with van der Waals surface area (Å²) < 4.78 is 9.96. The first-order chi connectivity index (χ1) is 9.95. The van der Waals surface area contributed by atoms with Crippen LogP contribution in [0.15, 0.2) is 47.0 Å². The molecule has 1 aliphatic rings. The van der Waals surface area contributed by atoms with Crippen LogP contribution in [0.25, 0.3) is 0 Å². The predicted octanol–water partition coefficient (Wildman–Crippen LogP) is 4.34. The fraction of sp³-hybridized carbons (Fsp3) is 0.312. The minimum Gasteiger partial charge on any atom is -0.437 e. The zero-order valence-electron chi connectivity index (χ0n) is 12.5. The molecule has 1 aromatic rings. The molecular weight excluding hydrogens is 290 g/mol. The van der Waals surface area contributed by atoms with Crippen LogP contribution in [0.3, 0.4) is 0 Å². The smallest absolute Gasteiger partial charge is 0.437 e. The van der Waals surface area contributed by atoms with Crippen molar-refractivity contribution in [2.45, 2.75) is 26.7 Å². The van der Waals surface area contributed by atoms with Crippen molar-refractivity contribution in [3.63, 3.8) is 0 Å². The molecule has 1 heterocycles. The van der Waals surface area contributed by atoms with E-state index in [9.17, 15) is 4.79 Å². The van der Waals surface area contributed by atoms with Crippen LogP contribution in [-0.4, -0.2) is 13.3 Å². The zero-order valence-corrected chi connectivity index (χ0v) is 13.2. The molecular formula is C16H18ClNO3. The van der Waals surface area contributed by atoms with Gasteiger partial charge in [-0.1, -0.05) is 29.8 Å². The highest BCUT2D eigenvalue weighted by Crippen LogP contribution is 2.40. The Kier molecular flexibility index (Phi) is 4.58. The minimum absolute atomic E-state index is 0.209. The van der Waals surface area contributed by atoms with Gasteiger partial charge >= 0.3 is 6.16 Å².